The van der Waals surface area contributed by atoms with Crippen molar-refractivity contribution in [2.75, 3.05) is 39.4 Å². The lowest BCUT2D eigenvalue weighted by Crippen LogP contribution is -2.40. The van der Waals surface area contributed by atoms with Gasteiger partial charge in [0.1, 0.15) is 0 Å². The number of carbonyl (C=O) groups excluding carboxylic acids is 1. The zero-order chi connectivity index (χ0) is 24.7. The third-order valence-corrected chi connectivity index (χ3v) is 7.07. The first-order valence-electron chi connectivity index (χ1n) is 12.6. The molecule has 8 nitrogen and oxygen atoms in total. The van der Waals surface area contributed by atoms with Crippen molar-refractivity contribution < 1.29 is 14.1 Å². The van der Waals surface area contributed by atoms with Gasteiger partial charge in [-0.2, -0.15) is 4.98 Å². The van der Waals surface area contributed by atoms with E-state index in [4.69, 9.17) is 20.9 Å². The van der Waals surface area contributed by atoms with Gasteiger partial charge < -0.3 is 14.6 Å². The summed E-state index contributed by atoms with van der Waals surface area (Å²) >= 11 is 6.06. The number of nitrogens with one attached hydrogen (secondary N) is 1. The first-order chi connectivity index (χ1) is 17.6. The summed E-state index contributed by atoms with van der Waals surface area (Å²) in [6, 6.07) is 15.9. The maximum Gasteiger partial charge on any atom is 0.241 e. The number of aromatic nitrogens is 2. The van der Waals surface area contributed by atoms with Gasteiger partial charge in [-0.1, -0.05) is 53.2 Å². The lowest BCUT2D eigenvalue weighted by molar-refractivity contribution is -0.126. The molecule has 2 aliphatic rings. The summed E-state index contributed by atoms with van der Waals surface area (Å²) in [6.45, 7) is 7.24. The van der Waals surface area contributed by atoms with Gasteiger partial charge in [0.15, 0.2) is 0 Å². The van der Waals surface area contributed by atoms with Gasteiger partial charge in [-0.05, 0) is 49.2 Å². The topological polar surface area (TPSA) is 83.7 Å². The van der Waals surface area contributed by atoms with E-state index in [-0.39, 0.29) is 11.8 Å². The van der Waals surface area contributed by atoms with Crippen molar-refractivity contribution in [1.29, 1.82) is 0 Å². The molecule has 190 valence electrons. The number of benzene rings is 2. The molecule has 1 aromatic heterocycles. The fraction of sp³-hybridized carbons (Fsp3) is 0.444. The number of likely N-dealkylation sites (tertiary alicyclic amines) is 1. The summed E-state index contributed by atoms with van der Waals surface area (Å²) < 4.78 is 10.9. The van der Waals surface area contributed by atoms with Crippen molar-refractivity contribution >= 4 is 17.5 Å². The zero-order valence-electron chi connectivity index (χ0n) is 20.4. The lowest BCUT2D eigenvalue weighted by atomic mass is 9.96. The molecular weight excluding hydrogens is 478 g/mol. The molecule has 5 rings (SSSR count). The van der Waals surface area contributed by atoms with Gasteiger partial charge in [-0.3, -0.25) is 14.6 Å². The van der Waals surface area contributed by atoms with E-state index in [0.29, 0.717) is 29.8 Å². The second-order valence-corrected chi connectivity index (χ2v) is 9.94. The summed E-state index contributed by atoms with van der Waals surface area (Å²) in [5.74, 6) is 1.28. The molecule has 0 spiro atoms. The summed E-state index contributed by atoms with van der Waals surface area (Å²) in [5, 5.41) is 7.87. The van der Waals surface area contributed by atoms with E-state index in [1.54, 1.807) is 0 Å². The number of piperidine rings is 1. The van der Waals surface area contributed by atoms with E-state index in [2.05, 4.69) is 49.5 Å². The number of ether oxygens (including phenoxy) is 1. The Morgan fingerprint density at radius 1 is 0.972 bits per heavy atom. The van der Waals surface area contributed by atoms with Crippen LogP contribution in [-0.4, -0.2) is 65.2 Å². The number of carbonyl (C=O) groups is 1. The summed E-state index contributed by atoms with van der Waals surface area (Å²) in [4.78, 5) is 22.0. The molecule has 3 heterocycles. The first kappa shape index (κ1) is 24.9. The van der Waals surface area contributed by atoms with Crippen LogP contribution in [0.25, 0.3) is 11.4 Å². The summed E-state index contributed by atoms with van der Waals surface area (Å²) in [5.41, 5.74) is 3.24. The van der Waals surface area contributed by atoms with E-state index >= 15 is 0 Å². The lowest BCUT2D eigenvalue weighted by Gasteiger charge is -2.30. The number of hydrogen-bond donors (Lipinski definition) is 1. The van der Waals surface area contributed by atoms with Crippen LogP contribution in [0.15, 0.2) is 53.1 Å². The number of hydrogen-bond acceptors (Lipinski definition) is 7. The minimum absolute atomic E-state index is 0.0301. The van der Waals surface area contributed by atoms with Gasteiger partial charge in [0.25, 0.3) is 0 Å². The Labute approximate surface area is 216 Å². The molecule has 1 N–H and O–H groups in total. The zero-order valence-corrected chi connectivity index (χ0v) is 21.1. The molecule has 0 atom stereocenters. The van der Waals surface area contributed by atoms with Crippen molar-refractivity contribution in [3.63, 3.8) is 0 Å². The molecule has 2 fully saturated rings. The molecular formula is C27H32ClN5O3. The number of halogens is 1. The van der Waals surface area contributed by atoms with Crippen molar-refractivity contribution in [1.82, 2.24) is 25.3 Å². The van der Waals surface area contributed by atoms with Gasteiger partial charge in [0, 0.05) is 42.7 Å². The van der Waals surface area contributed by atoms with Crippen molar-refractivity contribution in [2.45, 2.75) is 32.5 Å². The SMILES string of the molecule is O=C(NCc1cccc(CN2CCOCC2)c1)C1CCN(Cc2nc(-c3cccc(Cl)c3)no2)CC1. The molecule has 2 saturated heterocycles. The molecule has 0 aliphatic carbocycles. The number of morpholine rings is 1. The van der Waals surface area contributed by atoms with E-state index in [1.807, 2.05) is 24.3 Å². The van der Waals surface area contributed by atoms with Gasteiger partial charge in [0.05, 0.1) is 19.8 Å². The Bertz CT molecular complexity index is 1160. The van der Waals surface area contributed by atoms with Gasteiger partial charge in [0.2, 0.25) is 17.6 Å². The van der Waals surface area contributed by atoms with Crippen LogP contribution >= 0.6 is 11.6 Å². The second kappa shape index (κ2) is 12.0. The van der Waals surface area contributed by atoms with Gasteiger partial charge in [-0.25, -0.2) is 0 Å². The molecule has 0 unspecified atom stereocenters. The average molecular weight is 510 g/mol. The molecule has 3 aromatic rings. The predicted octanol–water partition coefficient (Wildman–Crippen LogP) is 3.75. The van der Waals surface area contributed by atoms with E-state index in [0.717, 1.165) is 69.9 Å². The Balaban J connectivity index is 1.06. The minimum Gasteiger partial charge on any atom is -0.379 e. The van der Waals surface area contributed by atoms with Crippen LogP contribution in [0.1, 0.15) is 29.9 Å². The molecule has 9 heteroatoms. The van der Waals surface area contributed by atoms with Crippen LogP contribution in [0.2, 0.25) is 5.02 Å². The minimum atomic E-state index is 0.0301. The van der Waals surface area contributed by atoms with Crippen LogP contribution in [-0.2, 0) is 29.2 Å². The third-order valence-electron chi connectivity index (χ3n) is 6.84. The second-order valence-electron chi connectivity index (χ2n) is 9.50. The van der Waals surface area contributed by atoms with Crippen LogP contribution in [0.5, 0.6) is 0 Å². The van der Waals surface area contributed by atoms with E-state index < -0.39 is 0 Å². The van der Waals surface area contributed by atoms with E-state index in [9.17, 15) is 4.79 Å². The largest absolute Gasteiger partial charge is 0.379 e. The van der Waals surface area contributed by atoms with E-state index in [1.165, 1.54) is 5.56 Å². The van der Waals surface area contributed by atoms with Crippen molar-refractivity contribution in [2.24, 2.45) is 5.92 Å². The highest BCUT2D eigenvalue weighted by Crippen LogP contribution is 2.22. The molecule has 0 bridgehead atoms. The normalized spacial score (nSPS) is 17.8. The standard InChI is InChI=1S/C27H32ClN5O3/c28-24-6-2-5-23(16-24)26-30-25(36-31-26)19-32-9-7-22(8-10-32)27(34)29-17-20-3-1-4-21(15-20)18-33-11-13-35-14-12-33/h1-6,15-16,22H,7-14,17-19H2,(H,29,34). The Morgan fingerprint density at radius 3 is 2.53 bits per heavy atom. The van der Waals surface area contributed by atoms with Gasteiger partial charge in [-0.15, -0.1) is 0 Å². The van der Waals surface area contributed by atoms with Crippen LogP contribution in [0, 0.1) is 5.92 Å². The number of amides is 1. The van der Waals surface area contributed by atoms with Crippen LogP contribution < -0.4 is 5.32 Å². The predicted molar refractivity (Wildman–Crippen MR) is 137 cm³/mol. The highest BCUT2D eigenvalue weighted by atomic mass is 35.5. The summed E-state index contributed by atoms with van der Waals surface area (Å²) in [6.07, 6.45) is 1.64. The van der Waals surface area contributed by atoms with Crippen LogP contribution in [0.3, 0.4) is 0 Å². The van der Waals surface area contributed by atoms with Crippen LogP contribution in [0.4, 0.5) is 0 Å². The average Bonchev–Trinajstić information content (AvgIpc) is 3.37. The fourth-order valence-corrected chi connectivity index (χ4v) is 4.99. The third kappa shape index (κ3) is 6.70. The highest BCUT2D eigenvalue weighted by Gasteiger charge is 2.26. The molecule has 2 aliphatic heterocycles. The van der Waals surface area contributed by atoms with Crippen molar-refractivity contribution in [3.8, 4) is 11.4 Å². The Hall–Kier alpha value is -2.78. The maximum absolute atomic E-state index is 12.8. The Morgan fingerprint density at radius 2 is 1.72 bits per heavy atom. The smallest absolute Gasteiger partial charge is 0.241 e. The molecule has 36 heavy (non-hydrogen) atoms. The summed E-state index contributed by atoms with van der Waals surface area (Å²) in [7, 11) is 0. The molecule has 0 radical (unpaired) electrons. The van der Waals surface area contributed by atoms with Gasteiger partial charge >= 0.3 is 0 Å². The highest BCUT2D eigenvalue weighted by molar-refractivity contribution is 6.30. The molecule has 1 amide bonds. The first-order valence-corrected chi connectivity index (χ1v) is 13.0. The fourth-order valence-electron chi connectivity index (χ4n) is 4.80. The quantitative estimate of drug-likeness (QED) is 0.495. The molecule has 0 saturated carbocycles. The van der Waals surface area contributed by atoms with Crippen molar-refractivity contribution in [3.05, 3.63) is 70.6 Å². The maximum atomic E-state index is 12.8. The number of nitrogens with zero attached hydrogens (tertiary/aromatic N) is 4. The Kier molecular flexibility index (Phi) is 8.28. The molecule has 2 aromatic carbocycles. The number of rotatable bonds is 8. The monoisotopic (exact) mass is 509 g/mol.